The summed E-state index contributed by atoms with van der Waals surface area (Å²) in [6, 6.07) is 0. The quantitative estimate of drug-likeness (QED) is 0.110. The van der Waals surface area contributed by atoms with Crippen molar-refractivity contribution in [3.63, 3.8) is 0 Å². The second-order valence-electron chi connectivity index (χ2n) is 11.7. The molecule has 3 unspecified atom stereocenters. The molecular formula is C24H28F2N10O10P2S2. The van der Waals surface area contributed by atoms with E-state index in [1.54, 1.807) is 0 Å². The number of nitrogens with one attached hydrogen (secondary N) is 2. The van der Waals surface area contributed by atoms with Crippen LogP contribution in [0.25, 0.3) is 22.3 Å². The Bertz CT molecular complexity index is 1880. The molecule has 4 N–H and O–H groups in total. The first-order valence-electron chi connectivity index (χ1n) is 15.0. The van der Waals surface area contributed by atoms with Crippen LogP contribution in [0.5, 0.6) is 0 Å². The highest BCUT2D eigenvalue weighted by atomic mass is 32.7. The van der Waals surface area contributed by atoms with Gasteiger partial charge in [0.2, 0.25) is 0 Å². The molecule has 3 fully saturated rings. The van der Waals surface area contributed by atoms with Crippen molar-refractivity contribution >= 4 is 72.1 Å². The number of aliphatic hydroxyl groups is 2. The van der Waals surface area contributed by atoms with Gasteiger partial charge in [0.05, 0.1) is 38.1 Å². The van der Waals surface area contributed by atoms with Gasteiger partial charge in [-0.15, -0.1) is 0 Å². The normalized spacial score (nSPS) is 39.6. The Balaban J connectivity index is 1.21. The van der Waals surface area contributed by atoms with Crippen molar-refractivity contribution in [3.05, 3.63) is 25.3 Å². The lowest BCUT2D eigenvalue weighted by Gasteiger charge is -2.28. The van der Waals surface area contributed by atoms with Gasteiger partial charge in [0.1, 0.15) is 37.1 Å². The number of thiol groups is 2. The van der Waals surface area contributed by atoms with Crippen LogP contribution in [0.4, 0.5) is 20.4 Å². The fraction of sp³-hybridized carbons (Fsp3) is 0.583. The molecule has 270 valence electrons. The van der Waals surface area contributed by atoms with Crippen molar-refractivity contribution in [1.29, 1.82) is 0 Å². The highest BCUT2D eigenvalue weighted by molar-refractivity contribution is 8.44. The minimum Gasteiger partial charge on any atom is -0.389 e. The van der Waals surface area contributed by atoms with Crippen molar-refractivity contribution in [2.75, 3.05) is 36.9 Å². The van der Waals surface area contributed by atoms with Crippen LogP contribution >= 0.6 is 38.1 Å². The minimum atomic E-state index is -4.43. The molecule has 14 bridgehead atoms. The molecule has 26 heteroatoms. The van der Waals surface area contributed by atoms with Crippen LogP contribution in [0.1, 0.15) is 12.5 Å². The molecule has 12 atom stereocenters. The van der Waals surface area contributed by atoms with E-state index >= 15 is 8.78 Å². The van der Waals surface area contributed by atoms with Gasteiger partial charge in [-0.3, -0.25) is 27.2 Å². The number of ether oxygens (including phenoxy) is 2. The van der Waals surface area contributed by atoms with Gasteiger partial charge in [-0.05, 0) is 0 Å². The Morgan fingerprint density at radius 3 is 1.56 bits per heavy atom. The highest BCUT2D eigenvalue weighted by Gasteiger charge is 2.54. The van der Waals surface area contributed by atoms with E-state index < -0.39 is 88.2 Å². The van der Waals surface area contributed by atoms with E-state index in [-0.39, 0.29) is 47.1 Å². The number of nitrogens with zero attached hydrogens (tertiary/aromatic N) is 8. The Morgan fingerprint density at radius 2 is 1.14 bits per heavy atom. The molecule has 50 heavy (non-hydrogen) atoms. The summed E-state index contributed by atoms with van der Waals surface area (Å²) in [4.78, 5) is 25.3. The third-order valence-electron chi connectivity index (χ3n) is 8.51. The summed E-state index contributed by atoms with van der Waals surface area (Å²) in [6.45, 7) is -10.6. The molecule has 0 aromatic carbocycles. The zero-order valence-corrected chi connectivity index (χ0v) is 28.8. The van der Waals surface area contributed by atoms with Gasteiger partial charge in [-0.2, -0.15) is 0 Å². The van der Waals surface area contributed by atoms with E-state index in [1.165, 1.54) is 21.8 Å². The molecule has 4 aromatic rings. The maximum atomic E-state index is 16.3. The molecule has 9 rings (SSSR count). The molecule has 0 spiro atoms. The van der Waals surface area contributed by atoms with Gasteiger partial charge >= 0.3 is 13.6 Å². The number of rotatable bonds is 0. The van der Waals surface area contributed by atoms with Crippen LogP contribution in [0.2, 0.25) is 0 Å². The summed E-state index contributed by atoms with van der Waals surface area (Å²) in [7, 11) is 0. The van der Waals surface area contributed by atoms with Crippen molar-refractivity contribution in [1.82, 2.24) is 39.0 Å². The summed E-state index contributed by atoms with van der Waals surface area (Å²) in [5.74, 6) is 0.292. The van der Waals surface area contributed by atoms with E-state index in [9.17, 15) is 19.3 Å². The molecule has 0 amide bonds. The molecule has 5 aliphatic rings. The van der Waals surface area contributed by atoms with Crippen LogP contribution in [0, 0.1) is 0 Å². The molecule has 4 aromatic heterocycles. The standard InChI is InChI=1S/C24H28F2N10O10P2S2/c25-13-17-11-3-41-48(40,50)46-18-12(4-42-47(39,49)45-17)44-24(14(18)26)36-8-34-16-20(30-6-32-22(16)36)28-2-10(38)9(37)1-27-19-15-21(31-5-29-19)35(7-33-15)23(13)43-11/h5-14,17-18,23-24,37-38H,1-4H2,(H,39,49)(H,40,50)(H,27,29,31)(H,28,30,32)/t9-,10-,11?,12?,13+,14+,17+,18+,23+,24?,47-,48+/m0/s1. The zero-order valence-electron chi connectivity index (χ0n) is 25.2. The summed E-state index contributed by atoms with van der Waals surface area (Å²) in [6.07, 6.45) is -11.2. The van der Waals surface area contributed by atoms with Crippen LogP contribution in [-0.2, 0) is 36.7 Å². The summed E-state index contributed by atoms with van der Waals surface area (Å²) in [5, 5.41) is 27.3. The van der Waals surface area contributed by atoms with Gasteiger partial charge in [0.25, 0.3) is 0 Å². The third-order valence-corrected chi connectivity index (χ3v) is 11.7. The smallest absolute Gasteiger partial charge is 0.386 e. The predicted molar refractivity (Wildman–Crippen MR) is 172 cm³/mol. The Morgan fingerprint density at radius 1 is 0.720 bits per heavy atom. The molecular weight excluding hydrogens is 752 g/mol. The molecule has 0 radical (unpaired) electrons. The molecule has 5 aliphatic heterocycles. The topological polar surface area (TPSA) is 241 Å². The maximum absolute atomic E-state index is 16.3. The second-order valence-corrected chi connectivity index (χ2v) is 17.4. The largest absolute Gasteiger partial charge is 0.389 e. The van der Waals surface area contributed by atoms with Crippen molar-refractivity contribution in [3.8, 4) is 0 Å². The number of aliphatic hydroxyl groups excluding tert-OH is 2. The molecule has 3 saturated heterocycles. The first-order chi connectivity index (χ1) is 23.9. The van der Waals surface area contributed by atoms with Crippen molar-refractivity contribution < 1.29 is 55.7 Å². The van der Waals surface area contributed by atoms with Crippen LogP contribution in [-0.4, -0.2) is 125 Å². The Hall–Kier alpha value is -2.60. The summed E-state index contributed by atoms with van der Waals surface area (Å²) < 4.78 is 95.8. The van der Waals surface area contributed by atoms with Crippen molar-refractivity contribution in [2.24, 2.45) is 0 Å². The van der Waals surface area contributed by atoms with Gasteiger partial charge in [-0.1, -0.05) is 24.5 Å². The predicted octanol–water partition coefficient (Wildman–Crippen LogP) is 1.59. The number of aromatic nitrogens is 8. The van der Waals surface area contributed by atoms with Crippen LogP contribution in [0.15, 0.2) is 25.3 Å². The first kappa shape index (κ1) is 34.5. The van der Waals surface area contributed by atoms with E-state index in [2.05, 4.69) is 65.0 Å². The summed E-state index contributed by atoms with van der Waals surface area (Å²) >= 11 is 8.06. The average Bonchev–Trinajstić information content (AvgIpc) is 3.85. The number of hydrogen-bond acceptors (Lipinski definition) is 18. The molecule has 0 saturated carbocycles. The number of alkyl halides is 2. The average molecular weight is 781 g/mol. The van der Waals surface area contributed by atoms with E-state index in [0.29, 0.717) is 0 Å². The Kier molecular flexibility index (Phi) is 9.04. The fourth-order valence-corrected chi connectivity index (χ4v) is 9.03. The zero-order chi connectivity index (χ0) is 34.9. The first-order valence-corrected chi connectivity index (χ1v) is 20.4. The highest BCUT2D eigenvalue weighted by Crippen LogP contribution is 2.60. The SMILES string of the molecule is O=[P@]1(S)OCC2OC3[C@H](F)[C@@H]2O[P@](=O)(S)OCC2O[C@H]([C@H](F)[C@@H]2O1)n1cnc2c(ncnc21)NC[C@H](O)[C@@H](O)CNc1ncnc2c1ncn23. The molecule has 20 nitrogen and oxygen atoms in total. The number of halogens is 2. The maximum Gasteiger partial charge on any atom is 0.386 e. The second kappa shape index (κ2) is 13.1. The lowest BCUT2D eigenvalue weighted by molar-refractivity contribution is -0.0544. The van der Waals surface area contributed by atoms with E-state index in [1.807, 2.05) is 0 Å². The Labute approximate surface area is 290 Å². The fourth-order valence-electron chi connectivity index (χ4n) is 6.07. The van der Waals surface area contributed by atoms with Crippen molar-refractivity contribution in [2.45, 2.75) is 61.4 Å². The van der Waals surface area contributed by atoms with E-state index in [4.69, 9.17) is 27.6 Å². The van der Waals surface area contributed by atoms with Gasteiger partial charge < -0.3 is 30.3 Å². The molecule has 0 aliphatic carbocycles. The lowest BCUT2D eigenvalue weighted by atomic mass is 10.1. The monoisotopic (exact) mass is 780 g/mol. The summed E-state index contributed by atoms with van der Waals surface area (Å²) in [5.41, 5.74) is 0.492. The van der Waals surface area contributed by atoms with Crippen LogP contribution in [0.3, 0.4) is 0 Å². The molecule has 9 heterocycles. The van der Waals surface area contributed by atoms with Gasteiger partial charge in [0, 0.05) is 13.1 Å². The lowest BCUT2D eigenvalue weighted by Crippen LogP contribution is -2.37. The third kappa shape index (κ3) is 6.28. The van der Waals surface area contributed by atoms with Gasteiger partial charge in [-0.25, -0.2) is 47.8 Å². The van der Waals surface area contributed by atoms with E-state index in [0.717, 1.165) is 12.7 Å². The number of anilines is 2. The minimum absolute atomic E-state index is 0.0915. The number of hydrogen-bond donors (Lipinski definition) is 6. The number of imidazole rings is 2. The number of fused-ring (bicyclic) bond motifs is 11. The van der Waals surface area contributed by atoms with Crippen LogP contribution < -0.4 is 10.6 Å². The van der Waals surface area contributed by atoms with Gasteiger partial charge in [0.15, 0.2) is 58.8 Å².